The Hall–Kier alpha value is -3.74. The fourth-order valence-electron chi connectivity index (χ4n) is 4.90. The zero-order valence-electron chi connectivity index (χ0n) is 19.6. The molecule has 2 atom stereocenters. The number of carbonyl (C=O) groups is 2. The van der Waals surface area contributed by atoms with E-state index in [1.54, 1.807) is 4.90 Å². The second-order valence-corrected chi connectivity index (χ2v) is 8.91. The van der Waals surface area contributed by atoms with E-state index in [0.29, 0.717) is 26.1 Å². The van der Waals surface area contributed by atoms with Gasteiger partial charge in [-0.2, -0.15) is 0 Å². The second kappa shape index (κ2) is 9.25. The van der Waals surface area contributed by atoms with E-state index >= 15 is 0 Å². The number of fused-ring (bicyclic) bond motifs is 1. The number of aromatic nitrogens is 1. The number of anilines is 1. The molecule has 34 heavy (non-hydrogen) atoms. The van der Waals surface area contributed by atoms with Crippen LogP contribution in [-0.2, 0) is 11.3 Å². The molecule has 3 aromatic rings. The van der Waals surface area contributed by atoms with E-state index in [1.165, 1.54) is 0 Å². The summed E-state index contributed by atoms with van der Waals surface area (Å²) in [5.74, 6) is 0.846. The average molecular weight is 459 g/mol. The minimum Gasteiger partial charge on any atom is -0.494 e. The molecule has 0 bridgehead atoms. The number of hydrogen-bond acceptors (Lipinski definition) is 3. The molecule has 7 nitrogen and oxygen atoms in total. The molecule has 2 aliphatic heterocycles. The number of rotatable bonds is 5. The van der Waals surface area contributed by atoms with Gasteiger partial charge in [0.05, 0.1) is 18.7 Å². The Morgan fingerprint density at radius 1 is 1.06 bits per heavy atom. The van der Waals surface area contributed by atoms with Gasteiger partial charge in [0.25, 0.3) is 0 Å². The van der Waals surface area contributed by atoms with Gasteiger partial charge in [0.2, 0.25) is 5.91 Å². The lowest BCUT2D eigenvalue weighted by Gasteiger charge is -2.38. The lowest BCUT2D eigenvalue weighted by molar-refractivity contribution is -0.117. The number of carbonyl (C=O) groups excluding carboxylic acids is 2. The molecule has 176 valence electrons. The minimum absolute atomic E-state index is 0.0322. The van der Waals surface area contributed by atoms with E-state index in [1.807, 2.05) is 73.3 Å². The maximum atomic E-state index is 13.5. The lowest BCUT2D eigenvalue weighted by atomic mass is 10.00. The topological polar surface area (TPSA) is 66.8 Å². The van der Waals surface area contributed by atoms with Crippen molar-refractivity contribution in [1.29, 1.82) is 0 Å². The highest BCUT2D eigenvalue weighted by Gasteiger charge is 2.36. The predicted molar refractivity (Wildman–Crippen MR) is 131 cm³/mol. The number of aryl methyl sites for hydroxylation is 1. The third-order valence-electron chi connectivity index (χ3n) is 6.60. The molecule has 0 aliphatic carbocycles. The molecule has 5 rings (SSSR count). The van der Waals surface area contributed by atoms with Crippen LogP contribution in [0.5, 0.6) is 5.75 Å². The van der Waals surface area contributed by atoms with Crippen molar-refractivity contribution in [1.82, 2.24) is 14.8 Å². The second-order valence-electron chi connectivity index (χ2n) is 8.91. The smallest absolute Gasteiger partial charge is 0.318 e. The molecule has 1 saturated heterocycles. The highest BCUT2D eigenvalue weighted by Crippen LogP contribution is 2.33. The van der Waals surface area contributed by atoms with Gasteiger partial charge in [0, 0.05) is 43.6 Å². The average Bonchev–Trinajstić information content (AvgIpc) is 3.46. The van der Waals surface area contributed by atoms with E-state index in [-0.39, 0.29) is 24.0 Å². The van der Waals surface area contributed by atoms with Crippen LogP contribution in [0.1, 0.15) is 36.2 Å². The quantitative estimate of drug-likeness (QED) is 0.626. The lowest BCUT2D eigenvalue weighted by Crippen LogP contribution is -2.50. The van der Waals surface area contributed by atoms with Gasteiger partial charge in [-0.25, -0.2) is 4.79 Å². The van der Waals surface area contributed by atoms with Gasteiger partial charge in [0.1, 0.15) is 5.75 Å². The molecule has 2 unspecified atom stereocenters. The van der Waals surface area contributed by atoms with Crippen LogP contribution in [0, 0.1) is 6.92 Å². The van der Waals surface area contributed by atoms with E-state index < -0.39 is 0 Å². The first-order valence-electron chi connectivity index (χ1n) is 11.9. The number of urea groups is 1. The third kappa shape index (κ3) is 4.25. The molecule has 3 amide bonds. The number of nitrogens with zero attached hydrogens (tertiary/aromatic N) is 3. The van der Waals surface area contributed by atoms with Crippen molar-refractivity contribution in [3.8, 4) is 5.75 Å². The van der Waals surface area contributed by atoms with Gasteiger partial charge in [-0.3, -0.25) is 4.79 Å². The number of nitrogens with one attached hydrogen (secondary N) is 1. The SMILES string of the molecule is CCOc1ccc(C2c3cccn3CCN2C(=O)NC2CC(=O)N(c3ccc(C)cc3)C2)cc1. The Labute approximate surface area is 199 Å². The predicted octanol–water partition coefficient (Wildman–Crippen LogP) is 4.12. The Morgan fingerprint density at radius 2 is 1.82 bits per heavy atom. The fraction of sp³-hybridized carbons (Fsp3) is 0.333. The largest absolute Gasteiger partial charge is 0.494 e. The van der Waals surface area contributed by atoms with Gasteiger partial charge >= 0.3 is 6.03 Å². The van der Waals surface area contributed by atoms with E-state index in [9.17, 15) is 9.59 Å². The van der Waals surface area contributed by atoms with Crippen molar-refractivity contribution in [2.24, 2.45) is 0 Å². The third-order valence-corrected chi connectivity index (χ3v) is 6.60. The van der Waals surface area contributed by atoms with Crippen LogP contribution in [0.2, 0.25) is 0 Å². The first-order chi connectivity index (χ1) is 16.5. The van der Waals surface area contributed by atoms with E-state index in [0.717, 1.165) is 34.8 Å². The number of benzene rings is 2. The standard InChI is InChI=1S/C27H30N4O3/c1-3-34-23-12-8-20(9-13-23)26-24-5-4-14-29(24)15-16-30(26)27(33)28-21-17-25(32)31(18-21)22-10-6-19(2)7-11-22/h4-14,21,26H,3,15-18H2,1-2H3,(H,28,33). The summed E-state index contributed by atoms with van der Waals surface area (Å²) in [5.41, 5.74) is 4.13. The van der Waals surface area contributed by atoms with Crippen LogP contribution in [0.3, 0.4) is 0 Å². The zero-order valence-corrected chi connectivity index (χ0v) is 19.6. The van der Waals surface area contributed by atoms with Crippen molar-refractivity contribution in [2.45, 2.75) is 38.9 Å². The van der Waals surface area contributed by atoms with Crippen LogP contribution in [0.15, 0.2) is 66.9 Å². The van der Waals surface area contributed by atoms with Crippen LogP contribution in [0.25, 0.3) is 0 Å². The van der Waals surface area contributed by atoms with Crippen molar-refractivity contribution in [2.75, 3.05) is 24.6 Å². The molecule has 1 fully saturated rings. The van der Waals surface area contributed by atoms with Crippen LogP contribution >= 0.6 is 0 Å². The number of hydrogen-bond donors (Lipinski definition) is 1. The highest BCUT2D eigenvalue weighted by atomic mass is 16.5. The molecule has 3 heterocycles. The maximum absolute atomic E-state index is 13.5. The summed E-state index contributed by atoms with van der Waals surface area (Å²) >= 11 is 0. The van der Waals surface area contributed by atoms with Crippen LogP contribution in [0.4, 0.5) is 10.5 Å². The van der Waals surface area contributed by atoms with E-state index in [2.05, 4.69) is 22.1 Å². The molecular formula is C27H30N4O3. The highest BCUT2D eigenvalue weighted by molar-refractivity contribution is 5.96. The molecule has 2 aliphatic rings. The summed E-state index contributed by atoms with van der Waals surface area (Å²) in [5, 5.41) is 3.14. The van der Waals surface area contributed by atoms with Crippen molar-refractivity contribution < 1.29 is 14.3 Å². The van der Waals surface area contributed by atoms with Gasteiger partial charge in [0.15, 0.2) is 0 Å². The first-order valence-corrected chi connectivity index (χ1v) is 11.9. The Morgan fingerprint density at radius 3 is 2.56 bits per heavy atom. The molecule has 1 aromatic heterocycles. The van der Waals surface area contributed by atoms with Crippen molar-refractivity contribution >= 4 is 17.6 Å². The summed E-state index contributed by atoms with van der Waals surface area (Å²) in [6.45, 7) is 6.40. The monoisotopic (exact) mass is 458 g/mol. The van der Waals surface area contributed by atoms with E-state index in [4.69, 9.17) is 4.74 Å². The molecule has 0 radical (unpaired) electrons. The van der Waals surface area contributed by atoms with Crippen LogP contribution in [-0.4, -0.2) is 47.1 Å². The summed E-state index contributed by atoms with van der Waals surface area (Å²) in [6.07, 6.45) is 2.36. The molecular weight excluding hydrogens is 428 g/mol. The maximum Gasteiger partial charge on any atom is 0.318 e. The van der Waals surface area contributed by atoms with Gasteiger partial charge in [-0.15, -0.1) is 0 Å². The molecule has 7 heteroatoms. The van der Waals surface area contributed by atoms with Crippen molar-refractivity contribution in [3.63, 3.8) is 0 Å². The van der Waals surface area contributed by atoms with Crippen molar-refractivity contribution in [3.05, 3.63) is 83.7 Å². The molecule has 2 aromatic carbocycles. The first kappa shape index (κ1) is 22.1. The van der Waals surface area contributed by atoms with Gasteiger partial charge in [-0.05, 0) is 55.8 Å². The Kier molecular flexibility index (Phi) is 6.01. The minimum atomic E-state index is -0.226. The molecule has 0 saturated carbocycles. The summed E-state index contributed by atoms with van der Waals surface area (Å²) < 4.78 is 7.79. The summed E-state index contributed by atoms with van der Waals surface area (Å²) in [6, 6.07) is 19.4. The number of amides is 3. The van der Waals surface area contributed by atoms with Gasteiger partial charge < -0.3 is 24.4 Å². The number of ether oxygens (including phenoxy) is 1. The normalized spacial score (nSPS) is 19.8. The Bertz CT molecular complexity index is 1170. The summed E-state index contributed by atoms with van der Waals surface area (Å²) in [7, 11) is 0. The van der Waals surface area contributed by atoms with Gasteiger partial charge in [-0.1, -0.05) is 29.8 Å². The Balaban J connectivity index is 1.34. The molecule has 1 N–H and O–H groups in total. The summed E-state index contributed by atoms with van der Waals surface area (Å²) in [4.78, 5) is 29.8. The molecule has 0 spiro atoms. The zero-order chi connectivity index (χ0) is 23.7. The fourth-order valence-corrected chi connectivity index (χ4v) is 4.90. The van der Waals surface area contributed by atoms with Crippen LogP contribution < -0.4 is 15.0 Å².